The first-order chi connectivity index (χ1) is 14.0. The van der Waals surface area contributed by atoms with Crippen LogP contribution in [0.15, 0.2) is 71.7 Å². The number of hydrogen-bond donors (Lipinski definition) is 1. The third-order valence-corrected chi connectivity index (χ3v) is 5.05. The number of rotatable bonds is 4. The van der Waals surface area contributed by atoms with E-state index in [2.05, 4.69) is 28.2 Å². The van der Waals surface area contributed by atoms with E-state index in [1.165, 1.54) is 0 Å². The molecule has 4 rings (SSSR count). The van der Waals surface area contributed by atoms with E-state index >= 15 is 0 Å². The van der Waals surface area contributed by atoms with Crippen LogP contribution in [0.1, 0.15) is 15.9 Å². The van der Waals surface area contributed by atoms with Gasteiger partial charge in [-0.05, 0) is 55.0 Å². The van der Waals surface area contributed by atoms with Crippen LogP contribution in [0.2, 0.25) is 0 Å². The minimum atomic E-state index is -0.121. The van der Waals surface area contributed by atoms with Crippen LogP contribution in [-0.4, -0.2) is 32.8 Å². The number of carbonyl (C=O) groups excluding carboxylic acids is 1. The Morgan fingerprint density at radius 2 is 1.83 bits per heavy atom. The summed E-state index contributed by atoms with van der Waals surface area (Å²) in [6.45, 7) is 2.77. The van der Waals surface area contributed by atoms with E-state index in [1.54, 1.807) is 0 Å². The molecule has 1 heterocycles. The van der Waals surface area contributed by atoms with Crippen LogP contribution < -0.4 is 15.1 Å². The maximum Gasteiger partial charge on any atom is 0.255 e. The second kappa shape index (κ2) is 7.80. The summed E-state index contributed by atoms with van der Waals surface area (Å²) in [5.74, 6) is -0.121. The first-order valence-corrected chi connectivity index (χ1v) is 9.61. The zero-order valence-corrected chi connectivity index (χ0v) is 16.9. The lowest BCUT2D eigenvalue weighted by atomic mass is 10.1. The van der Waals surface area contributed by atoms with Gasteiger partial charge in [-0.15, -0.1) is 0 Å². The highest BCUT2D eigenvalue weighted by Gasteiger charge is 2.18. The van der Waals surface area contributed by atoms with Crippen molar-refractivity contribution in [2.75, 3.05) is 35.8 Å². The molecule has 0 saturated heterocycles. The van der Waals surface area contributed by atoms with Crippen molar-refractivity contribution >= 4 is 40.6 Å². The molecule has 0 saturated carbocycles. The van der Waals surface area contributed by atoms with Crippen molar-refractivity contribution in [1.82, 2.24) is 0 Å². The number of nitrogens with one attached hydrogen (secondary N) is 1. The van der Waals surface area contributed by atoms with Crippen LogP contribution in [-0.2, 0) is 0 Å². The quantitative estimate of drug-likeness (QED) is 0.675. The smallest absolute Gasteiger partial charge is 0.255 e. The molecule has 0 aromatic heterocycles. The van der Waals surface area contributed by atoms with Crippen LogP contribution >= 0.6 is 0 Å². The zero-order chi connectivity index (χ0) is 20.4. The van der Waals surface area contributed by atoms with Crippen LogP contribution in [0.5, 0.6) is 0 Å². The molecular formula is C24H24N4O. The minimum Gasteiger partial charge on any atom is -0.378 e. The molecule has 146 valence electrons. The van der Waals surface area contributed by atoms with Crippen LogP contribution in [0.4, 0.5) is 28.4 Å². The van der Waals surface area contributed by atoms with E-state index < -0.39 is 0 Å². The van der Waals surface area contributed by atoms with Gasteiger partial charge in [0.05, 0.1) is 17.9 Å². The molecule has 0 spiro atoms. The summed E-state index contributed by atoms with van der Waals surface area (Å²) in [6, 6.07) is 21.7. The molecule has 29 heavy (non-hydrogen) atoms. The van der Waals surface area contributed by atoms with Gasteiger partial charge >= 0.3 is 0 Å². The molecule has 3 aromatic rings. The third-order valence-electron chi connectivity index (χ3n) is 5.05. The molecule has 0 aliphatic carbocycles. The van der Waals surface area contributed by atoms with Crippen molar-refractivity contribution in [2.24, 2.45) is 4.99 Å². The molecule has 3 aromatic carbocycles. The number of fused-ring (bicyclic) bond motifs is 1. The number of aryl methyl sites for hydroxylation is 1. The maximum absolute atomic E-state index is 12.8. The Balaban J connectivity index is 1.62. The van der Waals surface area contributed by atoms with E-state index in [4.69, 9.17) is 0 Å². The number of benzene rings is 3. The number of anilines is 4. The van der Waals surface area contributed by atoms with Gasteiger partial charge in [-0.25, -0.2) is 0 Å². The first-order valence-electron chi connectivity index (χ1n) is 9.61. The summed E-state index contributed by atoms with van der Waals surface area (Å²) in [5.41, 5.74) is 6.62. The van der Waals surface area contributed by atoms with E-state index in [-0.39, 0.29) is 5.91 Å². The molecule has 0 unspecified atom stereocenters. The average Bonchev–Trinajstić information content (AvgIpc) is 2.75. The third kappa shape index (κ3) is 3.85. The normalized spacial score (nSPS) is 12.4. The molecule has 1 aliphatic rings. The summed E-state index contributed by atoms with van der Waals surface area (Å²) in [7, 11) is 3.92. The SMILES string of the molecule is Cc1ccc(NC(=O)c2cccc(N(C)C)c2)cc1N1CC=Nc2ccccc21. The van der Waals surface area contributed by atoms with Crippen molar-refractivity contribution in [2.45, 2.75) is 6.92 Å². The van der Waals surface area contributed by atoms with Gasteiger partial charge in [0.2, 0.25) is 0 Å². The number of amides is 1. The van der Waals surface area contributed by atoms with Crippen LogP contribution in [0.3, 0.4) is 0 Å². The van der Waals surface area contributed by atoms with Crippen LogP contribution in [0.25, 0.3) is 0 Å². The van der Waals surface area contributed by atoms with E-state index in [0.717, 1.165) is 34.0 Å². The molecule has 1 amide bonds. The Morgan fingerprint density at radius 3 is 2.66 bits per heavy atom. The molecular weight excluding hydrogens is 360 g/mol. The van der Waals surface area contributed by atoms with Crippen molar-refractivity contribution in [1.29, 1.82) is 0 Å². The van der Waals surface area contributed by atoms with Gasteiger partial charge in [0, 0.05) is 42.9 Å². The van der Waals surface area contributed by atoms with Gasteiger partial charge in [0.25, 0.3) is 5.91 Å². The molecule has 0 radical (unpaired) electrons. The Labute approximate surface area is 171 Å². The summed E-state index contributed by atoms with van der Waals surface area (Å²) in [4.78, 5) is 21.5. The highest BCUT2D eigenvalue weighted by Crippen LogP contribution is 2.38. The van der Waals surface area contributed by atoms with Crippen molar-refractivity contribution in [3.63, 3.8) is 0 Å². The van der Waals surface area contributed by atoms with Gasteiger partial charge < -0.3 is 15.1 Å². The lowest BCUT2D eigenvalue weighted by molar-refractivity contribution is 0.102. The number of hydrogen-bond acceptors (Lipinski definition) is 4. The van der Waals surface area contributed by atoms with Gasteiger partial charge in [-0.3, -0.25) is 9.79 Å². The fourth-order valence-electron chi connectivity index (χ4n) is 3.46. The van der Waals surface area contributed by atoms with Gasteiger partial charge in [-0.1, -0.05) is 24.3 Å². The van der Waals surface area contributed by atoms with Crippen LogP contribution in [0, 0.1) is 6.92 Å². The molecule has 0 fully saturated rings. The summed E-state index contributed by atoms with van der Waals surface area (Å²) >= 11 is 0. The Kier molecular flexibility index (Phi) is 5.04. The highest BCUT2D eigenvalue weighted by molar-refractivity contribution is 6.05. The first kappa shape index (κ1) is 18.7. The van der Waals surface area contributed by atoms with E-state index in [0.29, 0.717) is 12.1 Å². The number of carbonyl (C=O) groups is 1. The predicted octanol–water partition coefficient (Wildman–Crippen LogP) is 5.17. The van der Waals surface area contributed by atoms with Gasteiger partial charge in [0.1, 0.15) is 0 Å². The molecule has 5 nitrogen and oxygen atoms in total. The average molecular weight is 384 g/mol. The van der Waals surface area contributed by atoms with E-state index in [9.17, 15) is 4.79 Å². The lowest BCUT2D eigenvalue weighted by Gasteiger charge is -2.29. The number of para-hydroxylation sites is 2. The fourth-order valence-corrected chi connectivity index (χ4v) is 3.46. The Bertz CT molecular complexity index is 1090. The van der Waals surface area contributed by atoms with Crippen molar-refractivity contribution < 1.29 is 4.79 Å². The van der Waals surface area contributed by atoms with Gasteiger partial charge in [0.15, 0.2) is 0 Å². The second-order valence-corrected chi connectivity index (χ2v) is 7.31. The molecule has 1 N–H and O–H groups in total. The molecule has 0 bridgehead atoms. The number of nitrogens with zero attached hydrogens (tertiary/aromatic N) is 3. The summed E-state index contributed by atoms with van der Waals surface area (Å²) in [5, 5.41) is 3.04. The zero-order valence-electron chi connectivity index (χ0n) is 16.9. The Hall–Kier alpha value is -3.60. The van der Waals surface area contributed by atoms with Crippen molar-refractivity contribution in [3.05, 3.63) is 77.9 Å². The lowest BCUT2D eigenvalue weighted by Crippen LogP contribution is -2.23. The summed E-state index contributed by atoms with van der Waals surface area (Å²) < 4.78 is 0. The second-order valence-electron chi connectivity index (χ2n) is 7.31. The van der Waals surface area contributed by atoms with Crippen molar-refractivity contribution in [3.8, 4) is 0 Å². The standard InChI is InChI=1S/C24H24N4O/c1-17-11-12-19(26-24(29)18-7-6-8-20(15-18)27(2)3)16-23(17)28-14-13-25-21-9-4-5-10-22(21)28/h4-13,15-16H,14H2,1-3H3,(H,26,29). The van der Waals surface area contributed by atoms with E-state index in [1.807, 2.05) is 85.9 Å². The highest BCUT2D eigenvalue weighted by atomic mass is 16.1. The topological polar surface area (TPSA) is 47.9 Å². The Morgan fingerprint density at radius 1 is 1.00 bits per heavy atom. The molecule has 1 aliphatic heterocycles. The van der Waals surface area contributed by atoms with Gasteiger partial charge in [-0.2, -0.15) is 0 Å². The molecule has 5 heteroatoms. The molecule has 0 atom stereocenters. The number of aliphatic imine (C=N–C) groups is 1. The minimum absolute atomic E-state index is 0.121. The predicted molar refractivity (Wildman–Crippen MR) is 122 cm³/mol. The maximum atomic E-state index is 12.8. The summed E-state index contributed by atoms with van der Waals surface area (Å²) in [6.07, 6.45) is 1.92. The fraction of sp³-hybridized carbons (Fsp3) is 0.167. The monoisotopic (exact) mass is 384 g/mol. The largest absolute Gasteiger partial charge is 0.378 e.